The SMILES string of the molecule is COC(=O)c1ccc(CN(Cc2ccccc2)C(=O)N2CCSCC2)cc1. The molecule has 5 nitrogen and oxygen atoms in total. The van der Waals surface area contributed by atoms with E-state index in [0.717, 1.165) is 35.7 Å². The lowest BCUT2D eigenvalue weighted by atomic mass is 10.1. The van der Waals surface area contributed by atoms with Crippen molar-refractivity contribution >= 4 is 23.8 Å². The summed E-state index contributed by atoms with van der Waals surface area (Å²) in [4.78, 5) is 28.5. The van der Waals surface area contributed by atoms with Crippen LogP contribution in [-0.2, 0) is 17.8 Å². The molecular formula is C21H24N2O3S. The third-order valence-electron chi connectivity index (χ3n) is 4.52. The molecule has 2 amide bonds. The Balaban J connectivity index is 1.76. The summed E-state index contributed by atoms with van der Waals surface area (Å²) in [6, 6.07) is 17.3. The fraction of sp³-hybridized carbons (Fsp3) is 0.333. The van der Waals surface area contributed by atoms with Crippen molar-refractivity contribution in [2.24, 2.45) is 0 Å². The van der Waals surface area contributed by atoms with Crippen molar-refractivity contribution in [2.45, 2.75) is 13.1 Å². The van der Waals surface area contributed by atoms with E-state index < -0.39 is 0 Å². The molecule has 2 aromatic carbocycles. The quantitative estimate of drug-likeness (QED) is 0.739. The minimum absolute atomic E-state index is 0.0659. The van der Waals surface area contributed by atoms with Crippen molar-refractivity contribution in [2.75, 3.05) is 31.7 Å². The van der Waals surface area contributed by atoms with Gasteiger partial charge in [0.2, 0.25) is 0 Å². The molecule has 1 fully saturated rings. The second-order valence-corrected chi connectivity index (χ2v) is 7.64. The molecule has 142 valence electrons. The molecule has 0 atom stereocenters. The van der Waals surface area contributed by atoms with Crippen LogP contribution in [0.5, 0.6) is 0 Å². The van der Waals surface area contributed by atoms with Crippen LogP contribution in [0.1, 0.15) is 21.5 Å². The van der Waals surface area contributed by atoms with E-state index in [1.807, 2.05) is 64.0 Å². The van der Waals surface area contributed by atoms with Crippen LogP contribution >= 0.6 is 11.8 Å². The van der Waals surface area contributed by atoms with Gasteiger partial charge in [-0.05, 0) is 23.3 Å². The Kier molecular flexibility index (Phi) is 6.76. The van der Waals surface area contributed by atoms with Gasteiger partial charge in [0.15, 0.2) is 0 Å². The fourth-order valence-corrected chi connectivity index (χ4v) is 3.94. The van der Waals surface area contributed by atoms with Crippen molar-refractivity contribution < 1.29 is 14.3 Å². The lowest BCUT2D eigenvalue weighted by molar-refractivity contribution is 0.0600. The van der Waals surface area contributed by atoms with Gasteiger partial charge in [-0.1, -0.05) is 42.5 Å². The summed E-state index contributed by atoms with van der Waals surface area (Å²) < 4.78 is 4.74. The number of rotatable bonds is 5. The van der Waals surface area contributed by atoms with Crippen LogP contribution in [0.2, 0.25) is 0 Å². The van der Waals surface area contributed by atoms with E-state index in [2.05, 4.69) is 0 Å². The molecule has 0 aromatic heterocycles. The summed E-state index contributed by atoms with van der Waals surface area (Å²) in [5.74, 6) is 1.61. The summed E-state index contributed by atoms with van der Waals surface area (Å²) in [6.07, 6.45) is 0. The lowest BCUT2D eigenvalue weighted by Gasteiger charge is -2.33. The zero-order chi connectivity index (χ0) is 19.1. The zero-order valence-corrected chi connectivity index (χ0v) is 16.3. The van der Waals surface area contributed by atoms with Gasteiger partial charge in [0.1, 0.15) is 0 Å². The molecule has 0 bridgehead atoms. The first-order valence-corrected chi connectivity index (χ1v) is 10.2. The number of amides is 2. The third-order valence-corrected chi connectivity index (χ3v) is 5.46. The predicted molar refractivity (Wildman–Crippen MR) is 108 cm³/mol. The molecule has 3 rings (SSSR count). The number of ether oxygens (including phenoxy) is 1. The second kappa shape index (κ2) is 9.46. The molecule has 0 unspecified atom stereocenters. The van der Waals surface area contributed by atoms with Crippen molar-refractivity contribution in [1.82, 2.24) is 9.80 Å². The van der Waals surface area contributed by atoms with Gasteiger partial charge in [-0.15, -0.1) is 0 Å². The van der Waals surface area contributed by atoms with E-state index >= 15 is 0 Å². The molecule has 1 saturated heterocycles. The number of methoxy groups -OCH3 is 1. The number of hydrogen-bond donors (Lipinski definition) is 0. The van der Waals surface area contributed by atoms with E-state index in [4.69, 9.17) is 4.74 Å². The lowest BCUT2D eigenvalue weighted by Crippen LogP contribution is -2.46. The molecule has 0 aliphatic carbocycles. The molecular weight excluding hydrogens is 360 g/mol. The maximum Gasteiger partial charge on any atom is 0.337 e. The van der Waals surface area contributed by atoms with E-state index in [-0.39, 0.29) is 12.0 Å². The normalized spacial score (nSPS) is 13.9. The third kappa shape index (κ3) is 5.26. The second-order valence-electron chi connectivity index (χ2n) is 6.41. The summed E-state index contributed by atoms with van der Waals surface area (Å²) in [7, 11) is 1.37. The van der Waals surface area contributed by atoms with Gasteiger partial charge in [-0.25, -0.2) is 9.59 Å². The van der Waals surface area contributed by atoms with Crippen LogP contribution in [0.15, 0.2) is 54.6 Å². The average Bonchev–Trinajstić information content (AvgIpc) is 2.74. The largest absolute Gasteiger partial charge is 0.465 e. The van der Waals surface area contributed by atoms with Gasteiger partial charge >= 0.3 is 12.0 Å². The van der Waals surface area contributed by atoms with Crippen molar-refractivity contribution in [1.29, 1.82) is 0 Å². The van der Waals surface area contributed by atoms with Gasteiger partial charge in [0.25, 0.3) is 0 Å². The van der Waals surface area contributed by atoms with Crippen molar-refractivity contribution in [3.8, 4) is 0 Å². The monoisotopic (exact) mass is 384 g/mol. The summed E-state index contributed by atoms with van der Waals surface area (Å²) in [5.41, 5.74) is 2.59. The summed E-state index contributed by atoms with van der Waals surface area (Å²) >= 11 is 1.89. The maximum absolute atomic E-state index is 13.1. The maximum atomic E-state index is 13.1. The number of urea groups is 1. The number of esters is 1. The summed E-state index contributed by atoms with van der Waals surface area (Å²) in [5, 5.41) is 0. The van der Waals surface area contributed by atoms with Crippen LogP contribution < -0.4 is 0 Å². The molecule has 0 saturated carbocycles. The van der Waals surface area contributed by atoms with Crippen molar-refractivity contribution in [3.63, 3.8) is 0 Å². The molecule has 0 spiro atoms. The highest BCUT2D eigenvalue weighted by molar-refractivity contribution is 7.99. The molecule has 1 aliphatic rings. The topological polar surface area (TPSA) is 49.9 Å². The Hall–Kier alpha value is -2.47. The number of carbonyl (C=O) groups excluding carboxylic acids is 2. The Morgan fingerprint density at radius 2 is 1.56 bits per heavy atom. The molecule has 2 aromatic rings. The van der Waals surface area contributed by atoms with Crippen molar-refractivity contribution in [3.05, 3.63) is 71.3 Å². The zero-order valence-electron chi connectivity index (χ0n) is 15.5. The number of thioether (sulfide) groups is 1. The highest BCUT2D eigenvalue weighted by Crippen LogP contribution is 2.17. The first-order chi connectivity index (χ1) is 13.2. The van der Waals surface area contributed by atoms with Gasteiger partial charge in [-0.3, -0.25) is 0 Å². The first kappa shape index (κ1) is 19.3. The van der Waals surface area contributed by atoms with Gasteiger partial charge in [-0.2, -0.15) is 11.8 Å². The standard InChI is InChI=1S/C21H24N2O3S/c1-26-20(24)19-9-7-18(8-10-19)16-23(15-17-5-3-2-4-6-17)21(25)22-11-13-27-14-12-22/h2-10H,11-16H2,1H3. The summed E-state index contributed by atoms with van der Waals surface area (Å²) in [6.45, 7) is 2.63. The minimum Gasteiger partial charge on any atom is -0.465 e. The predicted octanol–water partition coefficient (Wildman–Crippen LogP) is 3.64. The first-order valence-electron chi connectivity index (χ1n) is 9.00. The van der Waals surface area contributed by atoms with Crippen LogP contribution in [0.3, 0.4) is 0 Å². The molecule has 1 heterocycles. The number of carbonyl (C=O) groups is 2. The van der Waals surface area contributed by atoms with Gasteiger partial charge in [0.05, 0.1) is 12.7 Å². The molecule has 0 N–H and O–H groups in total. The number of benzene rings is 2. The van der Waals surface area contributed by atoms with Crippen LogP contribution in [0.25, 0.3) is 0 Å². The molecule has 1 aliphatic heterocycles. The Morgan fingerprint density at radius 1 is 0.963 bits per heavy atom. The smallest absolute Gasteiger partial charge is 0.337 e. The van der Waals surface area contributed by atoms with Gasteiger partial charge < -0.3 is 14.5 Å². The van der Waals surface area contributed by atoms with Crippen LogP contribution in [0, 0.1) is 0 Å². The highest BCUT2D eigenvalue weighted by atomic mass is 32.2. The Labute approximate surface area is 164 Å². The van der Waals surface area contributed by atoms with Gasteiger partial charge in [0, 0.05) is 37.7 Å². The number of nitrogens with zero attached hydrogens (tertiary/aromatic N) is 2. The molecule has 27 heavy (non-hydrogen) atoms. The highest BCUT2D eigenvalue weighted by Gasteiger charge is 2.23. The van der Waals surface area contributed by atoms with E-state index in [0.29, 0.717) is 18.7 Å². The Morgan fingerprint density at radius 3 is 2.15 bits per heavy atom. The fourth-order valence-electron chi connectivity index (χ4n) is 3.03. The van der Waals surface area contributed by atoms with E-state index in [1.54, 1.807) is 12.1 Å². The van der Waals surface area contributed by atoms with E-state index in [9.17, 15) is 9.59 Å². The number of hydrogen-bond acceptors (Lipinski definition) is 4. The molecule has 6 heteroatoms. The van der Waals surface area contributed by atoms with Crippen LogP contribution in [0.4, 0.5) is 4.79 Å². The van der Waals surface area contributed by atoms with E-state index in [1.165, 1.54) is 7.11 Å². The van der Waals surface area contributed by atoms with Crippen LogP contribution in [-0.4, -0.2) is 53.5 Å². The average molecular weight is 385 g/mol. The minimum atomic E-state index is -0.357. The Bertz CT molecular complexity index is 759. The molecule has 0 radical (unpaired) electrons.